The van der Waals surface area contributed by atoms with Crippen molar-refractivity contribution in [2.45, 2.75) is 37.7 Å². The molecular formula is C11H17N3O2. The van der Waals surface area contributed by atoms with Crippen molar-refractivity contribution >= 4 is 0 Å². The zero-order chi connectivity index (χ0) is 10.8. The van der Waals surface area contributed by atoms with Gasteiger partial charge in [-0.05, 0) is 25.8 Å². The Morgan fingerprint density at radius 2 is 2.38 bits per heavy atom. The number of nitrogens with zero attached hydrogens (tertiary/aromatic N) is 2. The molecule has 2 unspecified atom stereocenters. The van der Waals surface area contributed by atoms with E-state index in [4.69, 9.17) is 9.26 Å². The fourth-order valence-corrected chi connectivity index (χ4v) is 2.39. The SMILES string of the molecule is C1COC(Cc2nc(C3CCNC3)no2)C1. The second kappa shape index (κ2) is 4.51. The van der Waals surface area contributed by atoms with Gasteiger partial charge in [0.2, 0.25) is 5.89 Å². The van der Waals surface area contributed by atoms with E-state index in [0.717, 1.165) is 57.1 Å². The largest absolute Gasteiger partial charge is 0.378 e. The lowest BCUT2D eigenvalue weighted by Crippen LogP contribution is -2.10. The van der Waals surface area contributed by atoms with Crippen LogP contribution in [0, 0.1) is 0 Å². The van der Waals surface area contributed by atoms with Gasteiger partial charge in [0.1, 0.15) is 0 Å². The van der Waals surface area contributed by atoms with Crippen LogP contribution in [0.2, 0.25) is 0 Å². The minimum Gasteiger partial charge on any atom is -0.378 e. The first kappa shape index (κ1) is 10.2. The number of hydrogen-bond donors (Lipinski definition) is 1. The molecule has 5 nitrogen and oxygen atoms in total. The van der Waals surface area contributed by atoms with Gasteiger partial charge in [-0.2, -0.15) is 4.98 Å². The average Bonchev–Trinajstić information content (AvgIpc) is 2.99. The summed E-state index contributed by atoms with van der Waals surface area (Å²) in [6, 6.07) is 0. The Labute approximate surface area is 94.6 Å². The molecule has 3 heterocycles. The van der Waals surface area contributed by atoms with Crippen molar-refractivity contribution in [2.24, 2.45) is 0 Å². The highest BCUT2D eigenvalue weighted by atomic mass is 16.5. The zero-order valence-electron chi connectivity index (χ0n) is 9.32. The molecule has 5 heteroatoms. The number of aromatic nitrogens is 2. The summed E-state index contributed by atoms with van der Waals surface area (Å²) in [4.78, 5) is 4.46. The maximum Gasteiger partial charge on any atom is 0.229 e. The topological polar surface area (TPSA) is 60.2 Å². The molecule has 88 valence electrons. The van der Waals surface area contributed by atoms with Crippen molar-refractivity contribution in [1.29, 1.82) is 0 Å². The van der Waals surface area contributed by atoms with Crippen LogP contribution in [0.25, 0.3) is 0 Å². The number of hydrogen-bond acceptors (Lipinski definition) is 5. The molecule has 2 aliphatic rings. The van der Waals surface area contributed by atoms with Gasteiger partial charge in [0.05, 0.1) is 12.5 Å². The van der Waals surface area contributed by atoms with E-state index < -0.39 is 0 Å². The normalized spacial score (nSPS) is 30.0. The predicted octanol–water partition coefficient (Wildman–Crippen LogP) is 0.868. The van der Waals surface area contributed by atoms with E-state index in [1.807, 2.05) is 0 Å². The monoisotopic (exact) mass is 223 g/mol. The smallest absolute Gasteiger partial charge is 0.229 e. The van der Waals surface area contributed by atoms with Gasteiger partial charge < -0.3 is 14.6 Å². The van der Waals surface area contributed by atoms with Crippen LogP contribution in [0.1, 0.15) is 36.9 Å². The maximum atomic E-state index is 5.55. The van der Waals surface area contributed by atoms with Crippen molar-refractivity contribution < 1.29 is 9.26 Å². The Morgan fingerprint density at radius 1 is 1.38 bits per heavy atom. The van der Waals surface area contributed by atoms with Crippen LogP contribution in [0.15, 0.2) is 4.52 Å². The van der Waals surface area contributed by atoms with Gasteiger partial charge >= 0.3 is 0 Å². The van der Waals surface area contributed by atoms with Gasteiger partial charge in [0.15, 0.2) is 5.82 Å². The Hall–Kier alpha value is -0.940. The third kappa shape index (κ3) is 2.10. The third-order valence-corrected chi connectivity index (χ3v) is 3.34. The van der Waals surface area contributed by atoms with Gasteiger partial charge in [-0.25, -0.2) is 0 Å². The first-order valence-electron chi connectivity index (χ1n) is 6.06. The minimum absolute atomic E-state index is 0.287. The predicted molar refractivity (Wildman–Crippen MR) is 57.2 cm³/mol. The molecule has 0 aliphatic carbocycles. The zero-order valence-corrected chi connectivity index (χ0v) is 9.32. The van der Waals surface area contributed by atoms with Crippen LogP contribution in [-0.4, -0.2) is 35.9 Å². The van der Waals surface area contributed by atoms with Gasteiger partial charge in [0.25, 0.3) is 0 Å². The molecule has 0 spiro atoms. The van der Waals surface area contributed by atoms with E-state index in [9.17, 15) is 0 Å². The molecule has 1 aromatic heterocycles. The fraction of sp³-hybridized carbons (Fsp3) is 0.818. The quantitative estimate of drug-likeness (QED) is 0.823. The van der Waals surface area contributed by atoms with Gasteiger partial charge in [-0.3, -0.25) is 0 Å². The first-order valence-corrected chi connectivity index (χ1v) is 6.06. The Balaban J connectivity index is 1.62. The summed E-state index contributed by atoms with van der Waals surface area (Å²) in [7, 11) is 0. The molecular weight excluding hydrogens is 206 g/mol. The summed E-state index contributed by atoms with van der Waals surface area (Å²) in [5, 5.41) is 7.37. The minimum atomic E-state index is 0.287. The van der Waals surface area contributed by atoms with E-state index in [1.165, 1.54) is 0 Å². The molecule has 2 aliphatic heterocycles. The summed E-state index contributed by atoms with van der Waals surface area (Å²) in [6.45, 7) is 2.90. The highest BCUT2D eigenvalue weighted by Gasteiger charge is 2.24. The molecule has 3 rings (SSSR count). The van der Waals surface area contributed by atoms with Crippen LogP contribution in [0.4, 0.5) is 0 Å². The average molecular weight is 223 g/mol. The fourth-order valence-electron chi connectivity index (χ4n) is 2.39. The van der Waals surface area contributed by atoms with Gasteiger partial charge in [0, 0.05) is 19.1 Å². The molecule has 2 saturated heterocycles. The Bertz CT molecular complexity index is 341. The summed E-state index contributed by atoms with van der Waals surface area (Å²) >= 11 is 0. The number of rotatable bonds is 3. The van der Waals surface area contributed by atoms with Crippen molar-refractivity contribution in [2.75, 3.05) is 19.7 Å². The molecule has 1 N–H and O–H groups in total. The van der Waals surface area contributed by atoms with Gasteiger partial charge in [-0.1, -0.05) is 5.16 Å². The first-order chi connectivity index (χ1) is 7.92. The summed E-state index contributed by atoms with van der Waals surface area (Å²) in [5.74, 6) is 2.02. The van der Waals surface area contributed by atoms with Gasteiger partial charge in [-0.15, -0.1) is 0 Å². The summed E-state index contributed by atoms with van der Waals surface area (Å²) in [5.41, 5.74) is 0. The van der Waals surface area contributed by atoms with E-state index >= 15 is 0 Å². The molecule has 2 fully saturated rings. The molecule has 0 aromatic carbocycles. The van der Waals surface area contributed by atoms with Crippen LogP contribution >= 0.6 is 0 Å². The van der Waals surface area contributed by atoms with E-state index in [-0.39, 0.29) is 6.10 Å². The lowest BCUT2D eigenvalue weighted by Gasteiger charge is -2.04. The van der Waals surface area contributed by atoms with Crippen LogP contribution < -0.4 is 5.32 Å². The maximum absolute atomic E-state index is 5.55. The van der Waals surface area contributed by atoms with E-state index in [0.29, 0.717) is 5.92 Å². The molecule has 16 heavy (non-hydrogen) atoms. The second-order valence-corrected chi connectivity index (χ2v) is 4.58. The van der Waals surface area contributed by atoms with Crippen LogP contribution in [0.5, 0.6) is 0 Å². The van der Waals surface area contributed by atoms with Crippen LogP contribution in [0.3, 0.4) is 0 Å². The van der Waals surface area contributed by atoms with Crippen molar-refractivity contribution in [3.05, 3.63) is 11.7 Å². The van der Waals surface area contributed by atoms with E-state index in [1.54, 1.807) is 0 Å². The summed E-state index contributed by atoms with van der Waals surface area (Å²) in [6.07, 6.45) is 4.43. The highest BCUT2D eigenvalue weighted by molar-refractivity contribution is 5.00. The Kier molecular flexibility index (Phi) is 2.88. The molecule has 0 bridgehead atoms. The molecule has 0 amide bonds. The number of nitrogens with one attached hydrogen (secondary N) is 1. The lowest BCUT2D eigenvalue weighted by atomic mass is 10.1. The molecule has 2 atom stereocenters. The van der Waals surface area contributed by atoms with Crippen molar-refractivity contribution in [1.82, 2.24) is 15.5 Å². The molecule has 0 radical (unpaired) electrons. The van der Waals surface area contributed by atoms with Crippen molar-refractivity contribution in [3.8, 4) is 0 Å². The number of ether oxygens (including phenoxy) is 1. The Morgan fingerprint density at radius 3 is 3.12 bits per heavy atom. The van der Waals surface area contributed by atoms with E-state index in [2.05, 4.69) is 15.5 Å². The molecule has 1 aromatic rings. The van der Waals surface area contributed by atoms with Crippen LogP contribution in [-0.2, 0) is 11.2 Å². The van der Waals surface area contributed by atoms with Crippen molar-refractivity contribution in [3.63, 3.8) is 0 Å². The standard InChI is InChI=1S/C11H17N3O2/c1-2-9(15-5-1)6-10-13-11(14-16-10)8-3-4-12-7-8/h8-9,12H,1-7H2. The second-order valence-electron chi connectivity index (χ2n) is 4.58. The highest BCUT2D eigenvalue weighted by Crippen LogP contribution is 2.21. The lowest BCUT2D eigenvalue weighted by molar-refractivity contribution is 0.104. The molecule has 0 saturated carbocycles. The summed E-state index contributed by atoms with van der Waals surface area (Å²) < 4.78 is 10.8. The third-order valence-electron chi connectivity index (χ3n) is 3.34.